The molecule has 0 bridgehead atoms. The first kappa shape index (κ1) is 14.9. The van der Waals surface area contributed by atoms with Crippen LogP contribution < -0.4 is 9.47 Å². The predicted octanol–water partition coefficient (Wildman–Crippen LogP) is 2.01. The van der Waals surface area contributed by atoms with E-state index in [9.17, 15) is 9.59 Å². The Morgan fingerprint density at radius 3 is 2.82 bits per heavy atom. The van der Waals surface area contributed by atoms with Crippen LogP contribution >= 0.6 is 24.0 Å². The van der Waals surface area contributed by atoms with Gasteiger partial charge in [-0.3, -0.25) is 14.5 Å². The van der Waals surface area contributed by atoms with Crippen molar-refractivity contribution >= 4 is 46.3 Å². The standard InChI is InChI=1S/C14H11NO5S2/c1-7-2-9-10(20-6-19-9)3-8(7)4-11-13(18)15(5-12(16)17)14(21)22-11/h2-4H,5-6H2,1H3,(H,16,17)/b11-4+. The zero-order chi connectivity index (χ0) is 15.9. The third-order valence-electron chi connectivity index (χ3n) is 3.21. The zero-order valence-electron chi connectivity index (χ0n) is 11.5. The van der Waals surface area contributed by atoms with Crippen molar-refractivity contribution in [3.63, 3.8) is 0 Å². The zero-order valence-corrected chi connectivity index (χ0v) is 13.1. The maximum Gasteiger partial charge on any atom is 0.323 e. The predicted molar refractivity (Wildman–Crippen MR) is 84.8 cm³/mol. The molecule has 1 aromatic rings. The summed E-state index contributed by atoms with van der Waals surface area (Å²) in [6, 6.07) is 3.63. The Hall–Kier alpha value is -2.06. The van der Waals surface area contributed by atoms with Gasteiger partial charge in [-0.05, 0) is 36.3 Å². The fourth-order valence-electron chi connectivity index (χ4n) is 2.13. The molecule has 1 aromatic carbocycles. The monoisotopic (exact) mass is 337 g/mol. The lowest BCUT2D eigenvalue weighted by molar-refractivity contribution is -0.140. The number of aliphatic carboxylic acids is 1. The van der Waals surface area contributed by atoms with E-state index < -0.39 is 18.4 Å². The summed E-state index contributed by atoms with van der Waals surface area (Å²) in [6.07, 6.45) is 1.69. The lowest BCUT2D eigenvalue weighted by atomic mass is 10.1. The minimum absolute atomic E-state index is 0.180. The van der Waals surface area contributed by atoms with Crippen molar-refractivity contribution in [1.82, 2.24) is 4.90 Å². The largest absolute Gasteiger partial charge is 0.480 e. The highest BCUT2D eigenvalue weighted by Crippen LogP contribution is 2.37. The highest BCUT2D eigenvalue weighted by atomic mass is 32.2. The molecule has 0 aliphatic carbocycles. The molecular formula is C14H11NO5S2. The summed E-state index contributed by atoms with van der Waals surface area (Å²) in [7, 11) is 0. The molecule has 0 unspecified atom stereocenters. The Morgan fingerprint density at radius 2 is 2.14 bits per heavy atom. The van der Waals surface area contributed by atoms with Gasteiger partial charge in [-0.2, -0.15) is 0 Å². The molecule has 0 atom stereocenters. The number of hydrogen-bond donors (Lipinski definition) is 1. The van der Waals surface area contributed by atoms with Crippen molar-refractivity contribution in [2.45, 2.75) is 6.92 Å². The van der Waals surface area contributed by atoms with E-state index in [2.05, 4.69) is 0 Å². The van der Waals surface area contributed by atoms with Crippen LogP contribution in [0.4, 0.5) is 0 Å². The van der Waals surface area contributed by atoms with Crippen LogP contribution in [0.3, 0.4) is 0 Å². The number of hydrogen-bond acceptors (Lipinski definition) is 6. The van der Waals surface area contributed by atoms with Gasteiger partial charge < -0.3 is 14.6 Å². The number of carboxylic acid groups (broad SMARTS) is 1. The summed E-state index contributed by atoms with van der Waals surface area (Å²) >= 11 is 6.15. The molecule has 0 spiro atoms. The number of carbonyl (C=O) groups is 2. The Kier molecular flexibility index (Phi) is 3.79. The normalized spacial score (nSPS) is 18.4. The Morgan fingerprint density at radius 1 is 1.45 bits per heavy atom. The summed E-state index contributed by atoms with van der Waals surface area (Å²) in [5.74, 6) is -0.197. The lowest BCUT2D eigenvalue weighted by Gasteiger charge is -2.10. The maximum absolute atomic E-state index is 12.2. The Bertz CT molecular complexity index is 728. The summed E-state index contributed by atoms with van der Waals surface area (Å²) in [4.78, 5) is 24.5. The Balaban J connectivity index is 1.91. The average molecular weight is 337 g/mol. The second kappa shape index (κ2) is 5.62. The third kappa shape index (κ3) is 2.67. The first-order chi connectivity index (χ1) is 10.5. The molecule has 1 amide bonds. The van der Waals surface area contributed by atoms with Gasteiger partial charge >= 0.3 is 5.97 Å². The highest BCUT2D eigenvalue weighted by Gasteiger charge is 2.33. The number of rotatable bonds is 3. The first-order valence-electron chi connectivity index (χ1n) is 6.33. The molecule has 22 heavy (non-hydrogen) atoms. The van der Waals surface area contributed by atoms with Crippen molar-refractivity contribution < 1.29 is 24.2 Å². The van der Waals surface area contributed by atoms with Gasteiger partial charge in [-0.25, -0.2) is 0 Å². The molecule has 1 fully saturated rings. The summed E-state index contributed by atoms with van der Waals surface area (Å²) in [5.41, 5.74) is 1.73. The van der Waals surface area contributed by atoms with Gasteiger partial charge in [-0.1, -0.05) is 24.0 Å². The maximum atomic E-state index is 12.2. The number of thiocarbonyl (C=S) groups is 1. The molecule has 1 saturated heterocycles. The number of amides is 1. The number of ether oxygens (including phenoxy) is 2. The van der Waals surface area contributed by atoms with E-state index in [0.717, 1.165) is 27.8 Å². The molecule has 114 valence electrons. The van der Waals surface area contributed by atoms with Crippen molar-refractivity contribution in [3.05, 3.63) is 28.2 Å². The highest BCUT2D eigenvalue weighted by molar-refractivity contribution is 8.26. The quantitative estimate of drug-likeness (QED) is 0.668. The summed E-state index contributed by atoms with van der Waals surface area (Å²) in [5, 5.41) is 8.82. The fraction of sp³-hybridized carbons (Fsp3) is 0.214. The topological polar surface area (TPSA) is 76.1 Å². The summed E-state index contributed by atoms with van der Waals surface area (Å²) < 4.78 is 10.9. The molecule has 0 aromatic heterocycles. The number of benzene rings is 1. The van der Waals surface area contributed by atoms with Gasteiger partial charge in [0.1, 0.15) is 10.9 Å². The van der Waals surface area contributed by atoms with Gasteiger partial charge in [0.15, 0.2) is 11.5 Å². The molecule has 8 heteroatoms. The van der Waals surface area contributed by atoms with E-state index in [4.69, 9.17) is 26.8 Å². The molecule has 1 N–H and O–H groups in total. The number of nitrogens with zero attached hydrogens (tertiary/aromatic N) is 1. The molecule has 6 nitrogen and oxygen atoms in total. The second-order valence-corrected chi connectivity index (χ2v) is 6.40. The van der Waals surface area contributed by atoms with E-state index >= 15 is 0 Å². The molecule has 2 aliphatic heterocycles. The van der Waals surface area contributed by atoms with Gasteiger partial charge in [0.25, 0.3) is 5.91 Å². The number of carbonyl (C=O) groups excluding carboxylic acids is 1. The number of carboxylic acids is 1. The minimum Gasteiger partial charge on any atom is -0.480 e. The van der Waals surface area contributed by atoms with Gasteiger partial charge in [0.2, 0.25) is 6.79 Å². The summed E-state index contributed by atoms with van der Waals surface area (Å²) in [6.45, 7) is 1.65. The Labute approximate surface area is 135 Å². The van der Waals surface area contributed by atoms with Crippen LogP contribution in [0.15, 0.2) is 17.0 Å². The van der Waals surface area contributed by atoms with Crippen molar-refractivity contribution in [1.29, 1.82) is 0 Å². The molecule has 0 saturated carbocycles. The van der Waals surface area contributed by atoms with E-state index in [1.807, 2.05) is 13.0 Å². The molecule has 2 aliphatic rings. The second-order valence-electron chi connectivity index (χ2n) is 4.72. The van der Waals surface area contributed by atoms with Crippen LogP contribution in [0.2, 0.25) is 0 Å². The molecule has 2 heterocycles. The van der Waals surface area contributed by atoms with Crippen molar-refractivity contribution in [3.8, 4) is 11.5 Å². The SMILES string of the molecule is Cc1cc2c(cc1/C=C1/SC(=S)N(CC(=O)O)C1=O)OCO2. The van der Waals surface area contributed by atoms with Crippen LogP contribution in [0.1, 0.15) is 11.1 Å². The van der Waals surface area contributed by atoms with Crippen LogP contribution in [0, 0.1) is 6.92 Å². The minimum atomic E-state index is -1.10. The van der Waals surface area contributed by atoms with Gasteiger partial charge in [0, 0.05) is 0 Å². The van der Waals surface area contributed by atoms with E-state index in [0.29, 0.717) is 16.4 Å². The van der Waals surface area contributed by atoms with Crippen LogP contribution in [0.5, 0.6) is 11.5 Å². The van der Waals surface area contributed by atoms with Crippen LogP contribution in [-0.2, 0) is 9.59 Å². The van der Waals surface area contributed by atoms with E-state index in [1.54, 1.807) is 12.1 Å². The van der Waals surface area contributed by atoms with E-state index in [-0.39, 0.29) is 11.1 Å². The van der Waals surface area contributed by atoms with Crippen molar-refractivity contribution in [2.75, 3.05) is 13.3 Å². The third-order valence-corrected chi connectivity index (χ3v) is 4.59. The number of aryl methyl sites for hydroxylation is 1. The molecule has 0 radical (unpaired) electrons. The van der Waals surface area contributed by atoms with Gasteiger partial charge in [-0.15, -0.1) is 0 Å². The van der Waals surface area contributed by atoms with Gasteiger partial charge in [0.05, 0.1) is 4.91 Å². The number of fused-ring (bicyclic) bond motifs is 1. The molecule has 3 rings (SSSR count). The average Bonchev–Trinajstić information content (AvgIpc) is 2.99. The van der Waals surface area contributed by atoms with Crippen LogP contribution in [-0.4, -0.2) is 39.5 Å². The fourth-order valence-corrected chi connectivity index (χ4v) is 3.37. The van der Waals surface area contributed by atoms with Crippen LogP contribution in [0.25, 0.3) is 6.08 Å². The first-order valence-corrected chi connectivity index (χ1v) is 7.55. The molecular weight excluding hydrogens is 326 g/mol. The lowest BCUT2D eigenvalue weighted by Crippen LogP contribution is -2.33. The van der Waals surface area contributed by atoms with Crippen molar-refractivity contribution in [2.24, 2.45) is 0 Å². The number of thioether (sulfide) groups is 1. The smallest absolute Gasteiger partial charge is 0.323 e. The van der Waals surface area contributed by atoms with E-state index in [1.165, 1.54) is 0 Å².